The summed E-state index contributed by atoms with van der Waals surface area (Å²) in [4.78, 5) is 4.95. The highest BCUT2D eigenvalue weighted by atomic mass is 15.3. The van der Waals surface area contributed by atoms with Crippen molar-refractivity contribution in [2.75, 3.05) is 37.6 Å². The standard InChI is InChI=1S/C26H38N4/c1-20(2)10-9-11-21(3)19-29-14-16-30(17-15-29)26-23(5)22(4)25(27-28-26)18-24-12-7-6-8-13-24/h6-7,9-12,20H,8,13-19H2,1-5H3. The lowest BCUT2D eigenvalue weighted by Gasteiger charge is -2.36. The second kappa shape index (κ2) is 10.7. The van der Waals surface area contributed by atoms with Gasteiger partial charge in [-0.25, -0.2) is 0 Å². The molecule has 1 fully saturated rings. The van der Waals surface area contributed by atoms with Gasteiger partial charge in [0.25, 0.3) is 0 Å². The number of anilines is 1. The first-order chi connectivity index (χ1) is 14.4. The first kappa shape index (κ1) is 22.5. The molecule has 0 radical (unpaired) electrons. The van der Waals surface area contributed by atoms with Crippen molar-refractivity contribution in [1.29, 1.82) is 0 Å². The highest BCUT2D eigenvalue weighted by molar-refractivity contribution is 5.51. The molecule has 1 aliphatic heterocycles. The summed E-state index contributed by atoms with van der Waals surface area (Å²) < 4.78 is 0. The summed E-state index contributed by atoms with van der Waals surface area (Å²) in [5.74, 6) is 1.67. The van der Waals surface area contributed by atoms with Gasteiger partial charge in [0.1, 0.15) is 0 Å². The van der Waals surface area contributed by atoms with Gasteiger partial charge in [0.2, 0.25) is 0 Å². The summed E-state index contributed by atoms with van der Waals surface area (Å²) in [6.07, 6.45) is 16.5. The van der Waals surface area contributed by atoms with E-state index in [4.69, 9.17) is 0 Å². The Morgan fingerprint density at radius 3 is 2.53 bits per heavy atom. The van der Waals surface area contributed by atoms with Crippen LogP contribution in [0.3, 0.4) is 0 Å². The topological polar surface area (TPSA) is 32.3 Å². The lowest BCUT2D eigenvalue weighted by atomic mass is 9.97. The Balaban J connectivity index is 1.58. The lowest BCUT2D eigenvalue weighted by Crippen LogP contribution is -2.47. The third kappa shape index (κ3) is 6.15. The minimum atomic E-state index is 0.605. The average Bonchev–Trinajstić information content (AvgIpc) is 2.73. The van der Waals surface area contributed by atoms with Crippen molar-refractivity contribution in [3.63, 3.8) is 0 Å². The van der Waals surface area contributed by atoms with Gasteiger partial charge in [-0.05, 0) is 50.7 Å². The van der Waals surface area contributed by atoms with Crippen LogP contribution in [0.15, 0.2) is 47.6 Å². The predicted octanol–water partition coefficient (Wildman–Crippen LogP) is 5.19. The summed E-state index contributed by atoms with van der Waals surface area (Å²) in [7, 11) is 0. The molecule has 3 rings (SSSR count). The van der Waals surface area contributed by atoms with E-state index < -0.39 is 0 Å². The van der Waals surface area contributed by atoms with Gasteiger partial charge in [0.15, 0.2) is 5.82 Å². The molecule has 0 unspecified atom stereocenters. The average molecular weight is 407 g/mol. The molecule has 0 atom stereocenters. The summed E-state index contributed by atoms with van der Waals surface area (Å²) in [6, 6.07) is 0. The number of nitrogens with zero attached hydrogens (tertiary/aromatic N) is 4. The molecule has 1 aromatic rings. The van der Waals surface area contributed by atoms with Gasteiger partial charge in [-0.15, -0.1) is 5.10 Å². The first-order valence-corrected chi connectivity index (χ1v) is 11.4. The third-order valence-corrected chi connectivity index (χ3v) is 6.11. The van der Waals surface area contributed by atoms with Crippen LogP contribution in [0.2, 0.25) is 0 Å². The molecule has 0 amide bonds. The smallest absolute Gasteiger partial charge is 0.154 e. The quantitative estimate of drug-likeness (QED) is 0.583. The van der Waals surface area contributed by atoms with Crippen LogP contribution in [0.4, 0.5) is 5.82 Å². The Hall–Kier alpha value is -2.20. The number of hydrogen-bond acceptors (Lipinski definition) is 4. The van der Waals surface area contributed by atoms with Crippen molar-refractivity contribution in [2.45, 2.75) is 53.9 Å². The molecular weight excluding hydrogens is 368 g/mol. The molecule has 30 heavy (non-hydrogen) atoms. The van der Waals surface area contributed by atoms with Gasteiger partial charge in [0, 0.05) is 39.1 Å². The Labute approximate surface area is 183 Å². The highest BCUT2D eigenvalue weighted by Gasteiger charge is 2.21. The molecule has 1 aliphatic carbocycles. The number of hydrogen-bond donors (Lipinski definition) is 0. The van der Waals surface area contributed by atoms with Gasteiger partial charge in [0.05, 0.1) is 5.69 Å². The molecule has 0 spiro atoms. The maximum absolute atomic E-state index is 4.66. The highest BCUT2D eigenvalue weighted by Crippen LogP contribution is 2.25. The van der Waals surface area contributed by atoms with Crippen LogP contribution in [0.5, 0.6) is 0 Å². The van der Waals surface area contributed by atoms with Gasteiger partial charge in [-0.1, -0.05) is 61.4 Å². The second-order valence-electron chi connectivity index (χ2n) is 9.09. The van der Waals surface area contributed by atoms with Crippen LogP contribution in [0, 0.1) is 19.8 Å². The maximum Gasteiger partial charge on any atom is 0.154 e. The minimum Gasteiger partial charge on any atom is -0.352 e. The van der Waals surface area contributed by atoms with Gasteiger partial charge in [-0.2, -0.15) is 5.10 Å². The Morgan fingerprint density at radius 1 is 1.10 bits per heavy atom. The van der Waals surface area contributed by atoms with Crippen molar-refractivity contribution in [2.24, 2.45) is 5.92 Å². The lowest BCUT2D eigenvalue weighted by molar-refractivity contribution is 0.277. The molecule has 1 aromatic heterocycles. The fraction of sp³-hybridized carbons (Fsp3) is 0.538. The van der Waals surface area contributed by atoms with E-state index in [1.165, 1.54) is 22.3 Å². The fourth-order valence-electron chi connectivity index (χ4n) is 4.09. The normalized spacial score (nSPS) is 18.5. The van der Waals surface area contributed by atoms with Gasteiger partial charge in [-0.3, -0.25) is 4.90 Å². The first-order valence-electron chi connectivity index (χ1n) is 11.4. The Bertz CT molecular complexity index is 837. The van der Waals surface area contributed by atoms with E-state index in [0.717, 1.165) is 63.5 Å². The van der Waals surface area contributed by atoms with Crippen molar-refractivity contribution in [3.8, 4) is 0 Å². The number of aromatic nitrogens is 2. The molecule has 0 aromatic carbocycles. The summed E-state index contributed by atoms with van der Waals surface area (Å²) in [6.45, 7) is 16.3. The van der Waals surface area contributed by atoms with Crippen LogP contribution in [0.25, 0.3) is 0 Å². The van der Waals surface area contributed by atoms with E-state index in [9.17, 15) is 0 Å². The zero-order valence-corrected chi connectivity index (χ0v) is 19.5. The molecule has 4 nitrogen and oxygen atoms in total. The fourth-order valence-corrected chi connectivity index (χ4v) is 4.09. The monoisotopic (exact) mass is 406 g/mol. The predicted molar refractivity (Wildman–Crippen MR) is 128 cm³/mol. The maximum atomic E-state index is 4.66. The van der Waals surface area contributed by atoms with E-state index in [0.29, 0.717) is 5.92 Å². The van der Waals surface area contributed by atoms with E-state index in [1.54, 1.807) is 0 Å². The minimum absolute atomic E-state index is 0.605. The van der Waals surface area contributed by atoms with Crippen LogP contribution >= 0.6 is 0 Å². The van der Waals surface area contributed by atoms with Crippen molar-refractivity contribution < 1.29 is 0 Å². The SMILES string of the molecule is CC(=CC=CC(C)C)CN1CCN(c2nnc(CC3=CC=CCC3)c(C)c2C)CC1. The van der Waals surface area contributed by atoms with Crippen molar-refractivity contribution in [1.82, 2.24) is 15.1 Å². The molecule has 0 N–H and O–H groups in total. The van der Waals surface area contributed by atoms with Crippen LogP contribution in [-0.2, 0) is 6.42 Å². The summed E-state index contributed by atoms with van der Waals surface area (Å²) in [5.41, 5.74) is 6.60. The van der Waals surface area contributed by atoms with Crippen molar-refractivity contribution >= 4 is 5.82 Å². The zero-order chi connectivity index (χ0) is 21.5. The molecular formula is C26H38N4. The third-order valence-electron chi connectivity index (χ3n) is 6.11. The molecule has 2 heterocycles. The van der Waals surface area contributed by atoms with E-state index in [2.05, 4.69) is 91.1 Å². The van der Waals surface area contributed by atoms with Gasteiger partial charge >= 0.3 is 0 Å². The van der Waals surface area contributed by atoms with E-state index in [1.807, 2.05) is 0 Å². The molecule has 1 saturated heterocycles. The number of allylic oxidation sites excluding steroid dienone is 7. The largest absolute Gasteiger partial charge is 0.352 e. The Kier molecular flexibility index (Phi) is 8.03. The summed E-state index contributed by atoms with van der Waals surface area (Å²) in [5, 5.41) is 9.30. The second-order valence-corrected chi connectivity index (χ2v) is 9.09. The Morgan fingerprint density at radius 2 is 1.87 bits per heavy atom. The van der Waals surface area contributed by atoms with Gasteiger partial charge < -0.3 is 4.90 Å². The van der Waals surface area contributed by atoms with Crippen LogP contribution in [-0.4, -0.2) is 47.8 Å². The summed E-state index contributed by atoms with van der Waals surface area (Å²) >= 11 is 0. The van der Waals surface area contributed by atoms with Crippen LogP contribution < -0.4 is 4.90 Å². The number of piperazine rings is 1. The van der Waals surface area contributed by atoms with Crippen molar-refractivity contribution in [3.05, 3.63) is 64.4 Å². The van der Waals surface area contributed by atoms with E-state index in [-0.39, 0.29) is 0 Å². The molecule has 162 valence electrons. The number of rotatable bonds is 7. The van der Waals surface area contributed by atoms with E-state index >= 15 is 0 Å². The molecule has 0 bridgehead atoms. The zero-order valence-electron chi connectivity index (χ0n) is 19.5. The molecule has 2 aliphatic rings. The van der Waals surface area contributed by atoms with Crippen LogP contribution in [0.1, 0.15) is 50.4 Å². The molecule has 0 saturated carbocycles. The molecule has 4 heteroatoms.